The summed E-state index contributed by atoms with van der Waals surface area (Å²) in [4.78, 5) is 0. The average molecular weight is 278 g/mol. The van der Waals surface area contributed by atoms with E-state index in [1.807, 2.05) is 0 Å². The highest BCUT2D eigenvalue weighted by molar-refractivity contribution is 5.48. The summed E-state index contributed by atoms with van der Waals surface area (Å²) in [5.74, 6) is 1.95. The summed E-state index contributed by atoms with van der Waals surface area (Å²) in [6.07, 6.45) is 2.97. The Bertz CT molecular complexity index is 379. The summed E-state index contributed by atoms with van der Waals surface area (Å²) in [7, 11) is 0. The van der Waals surface area contributed by atoms with Gasteiger partial charge in [0, 0.05) is 13.0 Å². The zero-order valence-corrected chi connectivity index (χ0v) is 13.7. The Morgan fingerprint density at radius 3 is 2.00 bits per heavy atom. The first-order chi connectivity index (χ1) is 9.51. The van der Waals surface area contributed by atoms with E-state index >= 15 is 0 Å². The fourth-order valence-corrected chi connectivity index (χ4v) is 2.44. The lowest BCUT2D eigenvalue weighted by Crippen LogP contribution is -2.08. The molecule has 1 rings (SSSR count). The van der Waals surface area contributed by atoms with E-state index in [4.69, 9.17) is 9.84 Å². The van der Waals surface area contributed by atoms with Gasteiger partial charge in [-0.1, -0.05) is 53.2 Å². The van der Waals surface area contributed by atoms with Crippen molar-refractivity contribution < 1.29 is 9.84 Å². The van der Waals surface area contributed by atoms with Crippen LogP contribution in [0.3, 0.4) is 0 Å². The van der Waals surface area contributed by atoms with Crippen molar-refractivity contribution in [2.24, 2.45) is 0 Å². The predicted octanol–water partition coefficient (Wildman–Crippen LogP) is 4.65. The molecular weight excluding hydrogens is 248 g/mol. The van der Waals surface area contributed by atoms with Gasteiger partial charge in [0.1, 0.15) is 5.75 Å². The third kappa shape index (κ3) is 4.52. The van der Waals surface area contributed by atoms with Crippen molar-refractivity contribution in [1.82, 2.24) is 0 Å². The van der Waals surface area contributed by atoms with Gasteiger partial charge in [-0.15, -0.1) is 0 Å². The average Bonchev–Trinajstić information content (AvgIpc) is 2.39. The molecule has 0 bridgehead atoms. The Morgan fingerprint density at radius 1 is 1.05 bits per heavy atom. The van der Waals surface area contributed by atoms with Gasteiger partial charge in [-0.3, -0.25) is 0 Å². The Morgan fingerprint density at radius 2 is 1.60 bits per heavy atom. The third-order valence-corrected chi connectivity index (χ3v) is 3.54. The molecule has 0 aliphatic heterocycles. The van der Waals surface area contributed by atoms with Gasteiger partial charge < -0.3 is 9.84 Å². The molecule has 1 aromatic carbocycles. The van der Waals surface area contributed by atoms with Gasteiger partial charge in [0.15, 0.2) is 0 Å². The van der Waals surface area contributed by atoms with E-state index in [-0.39, 0.29) is 6.61 Å². The summed E-state index contributed by atoms with van der Waals surface area (Å²) in [5.41, 5.74) is 4.02. The van der Waals surface area contributed by atoms with Crippen LogP contribution < -0.4 is 4.74 Å². The highest BCUT2D eigenvalue weighted by Gasteiger charge is 2.17. The van der Waals surface area contributed by atoms with Gasteiger partial charge in [-0.25, -0.2) is 0 Å². The van der Waals surface area contributed by atoms with Crippen molar-refractivity contribution in [3.05, 3.63) is 28.8 Å². The molecule has 2 nitrogen and oxygen atoms in total. The molecule has 0 heterocycles. The molecule has 1 N–H and O–H groups in total. The fourth-order valence-electron chi connectivity index (χ4n) is 2.44. The number of hydrogen-bond donors (Lipinski definition) is 1. The van der Waals surface area contributed by atoms with Crippen LogP contribution in [0.2, 0.25) is 0 Å². The highest BCUT2D eigenvalue weighted by Crippen LogP contribution is 2.36. The number of aliphatic hydroxyl groups is 1. The summed E-state index contributed by atoms with van der Waals surface area (Å²) in [5, 5.41) is 8.94. The lowest BCUT2D eigenvalue weighted by molar-refractivity contribution is 0.231. The molecule has 0 saturated heterocycles. The van der Waals surface area contributed by atoms with Gasteiger partial charge >= 0.3 is 0 Å². The lowest BCUT2D eigenvalue weighted by atomic mass is 9.90. The van der Waals surface area contributed by atoms with Crippen molar-refractivity contribution in [2.75, 3.05) is 13.2 Å². The fraction of sp³-hybridized carbons (Fsp3) is 0.667. The van der Waals surface area contributed by atoms with E-state index in [0.717, 1.165) is 12.2 Å². The first-order valence-electron chi connectivity index (χ1n) is 7.91. The topological polar surface area (TPSA) is 29.5 Å². The van der Waals surface area contributed by atoms with Crippen LogP contribution >= 0.6 is 0 Å². The molecule has 0 aromatic heterocycles. The van der Waals surface area contributed by atoms with E-state index in [1.165, 1.54) is 23.1 Å². The Balaban J connectivity index is 3.20. The minimum atomic E-state index is 0.182. The summed E-state index contributed by atoms with van der Waals surface area (Å²) in [6, 6.07) is 4.60. The van der Waals surface area contributed by atoms with E-state index < -0.39 is 0 Å². The van der Waals surface area contributed by atoms with E-state index in [0.29, 0.717) is 24.9 Å². The van der Waals surface area contributed by atoms with Gasteiger partial charge in [0.25, 0.3) is 0 Å². The third-order valence-electron chi connectivity index (χ3n) is 3.54. The first-order valence-corrected chi connectivity index (χ1v) is 7.91. The van der Waals surface area contributed by atoms with E-state index in [1.54, 1.807) is 0 Å². The van der Waals surface area contributed by atoms with Crippen molar-refractivity contribution in [2.45, 2.75) is 65.7 Å². The second kappa shape index (κ2) is 8.31. The molecule has 114 valence electrons. The largest absolute Gasteiger partial charge is 0.493 e. The van der Waals surface area contributed by atoms with Crippen molar-refractivity contribution in [1.29, 1.82) is 0 Å². The van der Waals surface area contributed by atoms with Gasteiger partial charge in [-0.2, -0.15) is 0 Å². The second-order valence-electron chi connectivity index (χ2n) is 6.09. The summed E-state index contributed by atoms with van der Waals surface area (Å²) < 4.78 is 6.00. The number of rotatable bonds is 8. The minimum Gasteiger partial charge on any atom is -0.493 e. The van der Waals surface area contributed by atoms with Crippen molar-refractivity contribution >= 4 is 0 Å². The highest BCUT2D eigenvalue weighted by atomic mass is 16.5. The standard InChI is InChI=1S/C18H30O2/c1-6-8-15-11-16(13(2)3)18(20-10-7-9-19)17(12-15)14(4)5/h11-14,19H,6-10H2,1-5H3. The molecule has 0 aliphatic rings. The van der Waals surface area contributed by atoms with Crippen LogP contribution in [0.15, 0.2) is 12.1 Å². The predicted molar refractivity (Wildman–Crippen MR) is 85.8 cm³/mol. The molecule has 0 fully saturated rings. The smallest absolute Gasteiger partial charge is 0.126 e. The van der Waals surface area contributed by atoms with Gasteiger partial charge in [0.2, 0.25) is 0 Å². The number of benzene rings is 1. The maximum atomic E-state index is 8.94. The Kier molecular flexibility index (Phi) is 7.08. The van der Waals surface area contributed by atoms with Crippen LogP contribution in [0.5, 0.6) is 5.75 Å². The van der Waals surface area contributed by atoms with Crippen LogP contribution in [0, 0.1) is 0 Å². The molecule has 0 radical (unpaired) electrons. The molecule has 0 aliphatic carbocycles. The summed E-state index contributed by atoms with van der Waals surface area (Å²) in [6.45, 7) is 11.9. The molecule has 0 saturated carbocycles. The van der Waals surface area contributed by atoms with Gasteiger partial charge in [-0.05, 0) is 34.9 Å². The SMILES string of the molecule is CCCc1cc(C(C)C)c(OCCCO)c(C(C)C)c1. The lowest BCUT2D eigenvalue weighted by Gasteiger charge is -2.21. The number of aliphatic hydroxyl groups excluding tert-OH is 1. The molecule has 2 heteroatoms. The second-order valence-corrected chi connectivity index (χ2v) is 6.09. The van der Waals surface area contributed by atoms with Crippen LogP contribution in [0.1, 0.15) is 76.0 Å². The van der Waals surface area contributed by atoms with Crippen molar-refractivity contribution in [3.63, 3.8) is 0 Å². The molecule has 0 unspecified atom stereocenters. The van der Waals surface area contributed by atoms with Crippen molar-refractivity contribution in [3.8, 4) is 5.75 Å². The number of ether oxygens (including phenoxy) is 1. The van der Waals surface area contributed by atoms with E-state index in [9.17, 15) is 0 Å². The molecule has 20 heavy (non-hydrogen) atoms. The van der Waals surface area contributed by atoms with Crippen LogP contribution in [-0.4, -0.2) is 18.3 Å². The van der Waals surface area contributed by atoms with Crippen LogP contribution in [-0.2, 0) is 6.42 Å². The zero-order valence-electron chi connectivity index (χ0n) is 13.7. The molecule has 0 amide bonds. The quantitative estimate of drug-likeness (QED) is 0.701. The normalized spacial score (nSPS) is 11.4. The monoisotopic (exact) mass is 278 g/mol. The minimum absolute atomic E-state index is 0.182. The number of hydrogen-bond acceptors (Lipinski definition) is 2. The van der Waals surface area contributed by atoms with Crippen LogP contribution in [0.25, 0.3) is 0 Å². The molecule has 0 spiro atoms. The Labute approximate surface area is 124 Å². The maximum absolute atomic E-state index is 8.94. The molecule has 1 aromatic rings. The van der Waals surface area contributed by atoms with E-state index in [2.05, 4.69) is 46.8 Å². The number of aryl methyl sites for hydroxylation is 1. The van der Waals surface area contributed by atoms with Gasteiger partial charge in [0.05, 0.1) is 6.61 Å². The molecule has 0 atom stereocenters. The zero-order chi connectivity index (χ0) is 15.1. The Hall–Kier alpha value is -1.02. The summed E-state index contributed by atoms with van der Waals surface area (Å²) >= 11 is 0. The first kappa shape index (κ1) is 17.0. The van der Waals surface area contributed by atoms with Crippen LogP contribution in [0.4, 0.5) is 0 Å². The molecular formula is C18H30O2. The maximum Gasteiger partial charge on any atom is 0.126 e.